The van der Waals surface area contributed by atoms with Crippen LogP contribution in [0, 0.1) is 11.3 Å². The first-order chi connectivity index (χ1) is 13.5. The topological polar surface area (TPSA) is 58.2 Å². The number of anilines is 1. The zero-order valence-corrected chi connectivity index (χ0v) is 14.8. The van der Waals surface area contributed by atoms with Gasteiger partial charge in [-0.2, -0.15) is 18.4 Å². The van der Waals surface area contributed by atoms with E-state index in [2.05, 4.69) is 5.32 Å². The molecule has 0 unspecified atom stereocenters. The molecule has 0 aliphatic heterocycles. The minimum absolute atomic E-state index is 0.297. The number of nitrogens with one attached hydrogen (secondary N) is 1. The Kier molecular flexibility index (Phi) is 6.02. The van der Waals surface area contributed by atoms with Gasteiger partial charge in [-0.3, -0.25) is 0 Å². The molecular formula is C21H17F3N2O2. The van der Waals surface area contributed by atoms with Crippen LogP contribution in [0.3, 0.4) is 0 Å². The van der Waals surface area contributed by atoms with Crippen LogP contribution in [-0.2, 0) is 30.7 Å². The highest BCUT2D eigenvalue weighted by Gasteiger charge is 2.33. The van der Waals surface area contributed by atoms with Gasteiger partial charge in [0.1, 0.15) is 12.4 Å². The molecule has 7 heteroatoms. The number of nitrogens with zero attached hydrogens (tertiary/aromatic N) is 1. The first-order valence-corrected chi connectivity index (χ1v) is 8.49. The van der Waals surface area contributed by atoms with E-state index < -0.39 is 17.3 Å². The first kappa shape index (κ1) is 19.5. The number of rotatable bonds is 7. The minimum Gasteiger partial charge on any atom is -0.467 e. The molecule has 1 aromatic heterocycles. The first-order valence-electron chi connectivity index (χ1n) is 8.49. The molecular weight excluding hydrogens is 369 g/mol. The van der Waals surface area contributed by atoms with Crippen molar-refractivity contribution in [1.29, 1.82) is 5.26 Å². The molecule has 0 fully saturated rings. The number of nitriles is 1. The fourth-order valence-electron chi connectivity index (χ4n) is 2.68. The number of furan rings is 1. The maximum absolute atomic E-state index is 13.1. The lowest BCUT2D eigenvalue weighted by atomic mass is 10.1. The van der Waals surface area contributed by atoms with E-state index in [4.69, 9.17) is 14.4 Å². The van der Waals surface area contributed by atoms with Crippen molar-refractivity contribution >= 4 is 5.69 Å². The highest BCUT2D eigenvalue weighted by molar-refractivity contribution is 5.53. The standard InChI is InChI=1S/C21H17F3N2O2/c22-21(23,24)20-10-18(7-6-17(20)11-25)26-12-15-3-1-4-16(9-15)13-27-14-19-5-2-8-28-19/h1-10,26H,12-14H2. The summed E-state index contributed by atoms with van der Waals surface area (Å²) in [5, 5.41) is 11.8. The Hall–Kier alpha value is -3.24. The molecule has 0 aliphatic rings. The van der Waals surface area contributed by atoms with Crippen LogP contribution in [0.5, 0.6) is 0 Å². The number of hydrogen-bond donors (Lipinski definition) is 1. The van der Waals surface area contributed by atoms with Gasteiger partial charge in [0, 0.05) is 12.2 Å². The fourth-order valence-corrected chi connectivity index (χ4v) is 2.68. The summed E-state index contributed by atoms with van der Waals surface area (Å²) in [4.78, 5) is 0. The summed E-state index contributed by atoms with van der Waals surface area (Å²) >= 11 is 0. The predicted octanol–water partition coefficient (Wildman–Crippen LogP) is 5.50. The van der Waals surface area contributed by atoms with E-state index in [1.54, 1.807) is 18.4 Å². The molecule has 0 radical (unpaired) electrons. The molecule has 0 amide bonds. The van der Waals surface area contributed by atoms with E-state index in [1.165, 1.54) is 12.1 Å². The van der Waals surface area contributed by atoms with Gasteiger partial charge < -0.3 is 14.5 Å². The van der Waals surface area contributed by atoms with Crippen molar-refractivity contribution in [2.75, 3.05) is 5.32 Å². The number of benzene rings is 2. The molecule has 3 aromatic rings. The van der Waals surface area contributed by atoms with Crippen LogP contribution in [0.15, 0.2) is 65.3 Å². The summed E-state index contributed by atoms with van der Waals surface area (Å²) in [7, 11) is 0. The zero-order chi connectivity index (χ0) is 20.0. The molecule has 28 heavy (non-hydrogen) atoms. The van der Waals surface area contributed by atoms with E-state index in [0.29, 0.717) is 25.4 Å². The molecule has 144 valence electrons. The molecule has 1 heterocycles. The molecule has 3 rings (SSSR count). The average molecular weight is 386 g/mol. The normalized spacial score (nSPS) is 11.2. The third kappa shape index (κ3) is 5.15. The second kappa shape index (κ2) is 8.63. The molecule has 4 nitrogen and oxygen atoms in total. The largest absolute Gasteiger partial charge is 0.467 e. The van der Waals surface area contributed by atoms with E-state index in [1.807, 2.05) is 30.3 Å². The smallest absolute Gasteiger partial charge is 0.417 e. The Morgan fingerprint density at radius 3 is 2.54 bits per heavy atom. The van der Waals surface area contributed by atoms with E-state index in [0.717, 1.165) is 23.0 Å². The van der Waals surface area contributed by atoms with Gasteiger partial charge in [0.25, 0.3) is 0 Å². The van der Waals surface area contributed by atoms with Crippen LogP contribution in [0.1, 0.15) is 28.0 Å². The lowest BCUT2D eigenvalue weighted by molar-refractivity contribution is -0.137. The van der Waals surface area contributed by atoms with Gasteiger partial charge in [-0.05, 0) is 41.5 Å². The van der Waals surface area contributed by atoms with Crippen LogP contribution in [0.4, 0.5) is 18.9 Å². The Morgan fingerprint density at radius 1 is 1.00 bits per heavy atom. The molecule has 0 aliphatic carbocycles. The fraction of sp³-hybridized carbons (Fsp3) is 0.190. The van der Waals surface area contributed by atoms with Crippen molar-refractivity contribution < 1.29 is 22.3 Å². The molecule has 0 saturated carbocycles. The van der Waals surface area contributed by atoms with Crippen LogP contribution < -0.4 is 5.32 Å². The van der Waals surface area contributed by atoms with Crippen molar-refractivity contribution in [2.24, 2.45) is 0 Å². The Morgan fingerprint density at radius 2 is 1.82 bits per heavy atom. The maximum atomic E-state index is 13.1. The van der Waals surface area contributed by atoms with Crippen molar-refractivity contribution in [3.63, 3.8) is 0 Å². The second-order valence-electron chi connectivity index (χ2n) is 6.12. The van der Waals surface area contributed by atoms with E-state index >= 15 is 0 Å². The van der Waals surface area contributed by atoms with Crippen molar-refractivity contribution in [3.05, 3.63) is 88.9 Å². The minimum atomic E-state index is -4.58. The quantitative estimate of drug-likeness (QED) is 0.583. The second-order valence-corrected chi connectivity index (χ2v) is 6.12. The van der Waals surface area contributed by atoms with Gasteiger partial charge in [-0.15, -0.1) is 0 Å². The summed E-state index contributed by atoms with van der Waals surface area (Å²) in [5.41, 5.74) is 0.804. The highest BCUT2D eigenvalue weighted by Crippen LogP contribution is 2.33. The van der Waals surface area contributed by atoms with Crippen molar-refractivity contribution in [1.82, 2.24) is 0 Å². The third-order valence-electron chi connectivity index (χ3n) is 4.03. The summed E-state index contributed by atoms with van der Waals surface area (Å²) in [5.74, 6) is 0.735. The lowest BCUT2D eigenvalue weighted by Crippen LogP contribution is -2.09. The van der Waals surface area contributed by atoms with Crippen molar-refractivity contribution in [3.8, 4) is 6.07 Å². The number of ether oxygens (including phenoxy) is 1. The zero-order valence-electron chi connectivity index (χ0n) is 14.8. The molecule has 1 N–H and O–H groups in total. The number of halogens is 3. The molecule has 0 spiro atoms. The molecule has 0 saturated heterocycles. The van der Waals surface area contributed by atoms with Gasteiger partial charge >= 0.3 is 6.18 Å². The maximum Gasteiger partial charge on any atom is 0.417 e. The van der Waals surface area contributed by atoms with Crippen LogP contribution in [0.2, 0.25) is 0 Å². The Labute approximate surface area is 160 Å². The lowest BCUT2D eigenvalue weighted by Gasteiger charge is -2.13. The SMILES string of the molecule is N#Cc1ccc(NCc2cccc(COCc3ccco3)c2)cc1C(F)(F)F. The summed E-state index contributed by atoms with van der Waals surface area (Å²) in [6.07, 6.45) is -2.99. The Balaban J connectivity index is 1.61. The molecule has 2 aromatic carbocycles. The van der Waals surface area contributed by atoms with E-state index in [9.17, 15) is 13.2 Å². The van der Waals surface area contributed by atoms with Gasteiger partial charge in [-0.25, -0.2) is 0 Å². The number of hydrogen-bond acceptors (Lipinski definition) is 4. The summed E-state index contributed by atoms with van der Waals surface area (Å²) in [6.45, 7) is 1.10. The Bertz CT molecular complexity index is 961. The molecule has 0 atom stereocenters. The van der Waals surface area contributed by atoms with Crippen LogP contribution in [-0.4, -0.2) is 0 Å². The third-order valence-corrected chi connectivity index (χ3v) is 4.03. The van der Waals surface area contributed by atoms with Gasteiger partial charge in [0.15, 0.2) is 0 Å². The van der Waals surface area contributed by atoms with Gasteiger partial charge in [-0.1, -0.05) is 24.3 Å². The van der Waals surface area contributed by atoms with Crippen LogP contribution in [0.25, 0.3) is 0 Å². The predicted molar refractivity (Wildman–Crippen MR) is 97.1 cm³/mol. The number of alkyl halides is 3. The molecule has 0 bridgehead atoms. The monoisotopic (exact) mass is 386 g/mol. The van der Waals surface area contributed by atoms with Gasteiger partial charge in [0.05, 0.1) is 30.1 Å². The van der Waals surface area contributed by atoms with Crippen molar-refractivity contribution in [2.45, 2.75) is 25.9 Å². The van der Waals surface area contributed by atoms with E-state index in [-0.39, 0.29) is 0 Å². The summed E-state index contributed by atoms with van der Waals surface area (Å²) < 4.78 is 49.9. The van der Waals surface area contributed by atoms with Gasteiger partial charge in [0.2, 0.25) is 0 Å². The van der Waals surface area contributed by atoms with Crippen LogP contribution >= 0.6 is 0 Å². The highest BCUT2D eigenvalue weighted by atomic mass is 19.4. The summed E-state index contributed by atoms with van der Waals surface area (Å²) in [6, 6.07) is 16.3. The average Bonchev–Trinajstić information content (AvgIpc) is 3.19.